The van der Waals surface area contributed by atoms with Crippen LogP contribution in [-0.4, -0.2) is 0 Å². The monoisotopic (exact) mass is 281 g/mol. The van der Waals surface area contributed by atoms with E-state index in [2.05, 4.69) is 58.0 Å². The number of hydrogen-bond donors (Lipinski definition) is 1. The van der Waals surface area contributed by atoms with E-state index in [9.17, 15) is 0 Å². The first-order chi connectivity index (χ1) is 9.95. The second kappa shape index (κ2) is 5.19. The lowest BCUT2D eigenvalue weighted by Gasteiger charge is -2.32. The largest absolute Gasteiger partial charge is 0.485 e. The van der Waals surface area contributed by atoms with Crippen molar-refractivity contribution in [3.05, 3.63) is 63.7 Å². The van der Waals surface area contributed by atoms with Crippen molar-refractivity contribution < 1.29 is 4.74 Å². The number of ether oxygens (including phenoxy) is 1. The van der Waals surface area contributed by atoms with Gasteiger partial charge in [-0.2, -0.15) is 0 Å². The number of hydrogen-bond acceptors (Lipinski definition) is 2. The van der Waals surface area contributed by atoms with Gasteiger partial charge in [-0.25, -0.2) is 0 Å². The number of rotatable bonds is 1. The minimum atomic E-state index is 0.0405. The zero-order valence-corrected chi connectivity index (χ0v) is 13.2. The van der Waals surface area contributed by atoms with Gasteiger partial charge in [0.25, 0.3) is 0 Å². The molecule has 1 aliphatic rings. The molecule has 1 heterocycles. The molecule has 0 aliphatic carbocycles. The average molecular weight is 281 g/mol. The summed E-state index contributed by atoms with van der Waals surface area (Å²) in [5.74, 6) is 0.934. The number of fused-ring (bicyclic) bond motifs is 1. The Balaban J connectivity index is 2.02. The lowest BCUT2D eigenvalue weighted by molar-refractivity contribution is 0.160. The van der Waals surface area contributed by atoms with E-state index >= 15 is 0 Å². The third-order valence-electron chi connectivity index (χ3n) is 4.36. The van der Waals surface area contributed by atoms with Gasteiger partial charge in [0, 0.05) is 18.0 Å². The summed E-state index contributed by atoms with van der Waals surface area (Å²) in [7, 11) is 0. The first kappa shape index (κ1) is 14.2. The number of benzene rings is 2. The maximum Gasteiger partial charge on any atom is 0.126 e. The number of aryl methyl sites for hydroxylation is 4. The minimum absolute atomic E-state index is 0.0405. The molecule has 2 aromatic rings. The third-order valence-corrected chi connectivity index (χ3v) is 4.36. The van der Waals surface area contributed by atoms with Crippen LogP contribution in [-0.2, 0) is 0 Å². The molecule has 0 radical (unpaired) electrons. The summed E-state index contributed by atoms with van der Waals surface area (Å²) in [5.41, 5.74) is 13.9. The molecule has 0 amide bonds. The highest BCUT2D eigenvalue weighted by Crippen LogP contribution is 2.41. The summed E-state index contributed by atoms with van der Waals surface area (Å²) in [4.78, 5) is 0. The van der Waals surface area contributed by atoms with Gasteiger partial charge in [-0.15, -0.1) is 0 Å². The predicted molar refractivity (Wildman–Crippen MR) is 86.7 cm³/mol. The summed E-state index contributed by atoms with van der Waals surface area (Å²) in [6.07, 6.45) is 0.886. The standard InChI is InChI=1S/C19H23NO/c1-11-5-6-17-15(9-11)16(20)10-18(21-17)19-13(3)7-12(2)8-14(19)4/h5-9,16,18H,10,20H2,1-4H3/t16-,18?/m0/s1. The van der Waals surface area contributed by atoms with Crippen molar-refractivity contribution in [1.29, 1.82) is 0 Å². The molecule has 0 aromatic heterocycles. The summed E-state index contributed by atoms with van der Waals surface area (Å²) >= 11 is 0. The Bertz CT molecular complexity index is 667. The van der Waals surface area contributed by atoms with Crippen molar-refractivity contribution in [2.75, 3.05) is 0 Å². The Morgan fingerprint density at radius 2 is 1.62 bits per heavy atom. The third kappa shape index (κ3) is 2.56. The van der Waals surface area contributed by atoms with E-state index in [1.807, 2.05) is 0 Å². The van der Waals surface area contributed by atoms with Crippen LogP contribution < -0.4 is 10.5 Å². The van der Waals surface area contributed by atoms with Gasteiger partial charge in [-0.3, -0.25) is 0 Å². The van der Waals surface area contributed by atoms with Crippen LogP contribution in [0.5, 0.6) is 5.75 Å². The molecule has 2 atom stereocenters. The van der Waals surface area contributed by atoms with Gasteiger partial charge >= 0.3 is 0 Å². The summed E-state index contributed by atoms with van der Waals surface area (Å²) in [5, 5.41) is 0. The fraction of sp³-hybridized carbons (Fsp3) is 0.368. The highest BCUT2D eigenvalue weighted by molar-refractivity contribution is 5.45. The van der Waals surface area contributed by atoms with Crippen LogP contribution in [0.4, 0.5) is 0 Å². The van der Waals surface area contributed by atoms with E-state index in [0.717, 1.165) is 17.7 Å². The summed E-state index contributed by atoms with van der Waals surface area (Å²) in [6, 6.07) is 10.8. The lowest BCUT2D eigenvalue weighted by Crippen LogP contribution is -2.25. The van der Waals surface area contributed by atoms with Crippen molar-refractivity contribution in [3.8, 4) is 5.75 Å². The van der Waals surface area contributed by atoms with Gasteiger partial charge in [0.15, 0.2) is 0 Å². The Morgan fingerprint density at radius 1 is 0.952 bits per heavy atom. The van der Waals surface area contributed by atoms with E-state index in [1.165, 1.54) is 27.8 Å². The molecule has 0 saturated carbocycles. The van der Waals surface area contributed by atoms with E-state index in [-0.39, 0.29) is 12.1 Å². The van der Waals surface area contributed by atoms with E-state index in [4.69, 9.17) is 10.5 Å². The Morgan fingerprint density at radius 3 is 2.29 bits per heavy atom. The molecular formula is C19H23NO. The maximum atomic E-state index is 6.39. The fourth-order valence-electron chi connectivity index (χ4n) is 3.50. The Labute approximate surface area is 126 Å². The minimum Gasteiger partial charge on any atom is -0.485 e. The molecule has 1 aliphatic heterocycles. The molecule has 0 fully saturated rings. The molecule has 21 heavy (non-hydrogen) atoms. The van der Waals surface area contributed by atoms with Gasteiger partial charge in [0.05, 0.1) is 0 Å². The van der Waals surface area contributed by atoms with Gasteiger partial charge in [0.2, 0.25) is 0 Å². The molecule has 0 bridgehead atoms. The molecule has 2 heteroatoms. The normalized spacial score (nSPS) is 20.8. The van der Waals surface area contributed by atoms with Crippen molar-refractivity contribution >= 4 is 0 Å². The van der Waals surface area contributed by atoms with Crippen molar-refractivity contribution in [3.63, 3.8) is 0 Å². The fourth-order valence-corrected chi connectivity index (χ4v) is 3.50. The topological polar surface area (TPSA) is 35.2 Å². The van der Waals surface area contributed by atoms with Gasteiger partial charge in [-0.1, -0.05) is 35.4 Å². The van der Waals surface area contributed by atoms with Gasteiger partial charge in [-0.05, 0) is 50.5 Å². The van der Waals surface area contributed by atoms with Gasteiger partial charge < -0.3 is 10.5 Å². The van der Waals surface area contributed by atoms with E-state index < -0.39 is 0 Å². The van der Waals surface area contributed by atoms with Crippen LogP contribution in [0.15, 0.2) is 30.3 Å². The zero-order chi connectivity index (χ0) is 15.1. The van der Waals surface area contributed by atoms with Crippen molar-refractivity contribution in [2.45, 2.75) is 46.3 Å². The molecule has 110 valence electrons. The second-order valence-corrected chi connectivity index (χ2v) is 6.30. The van der Waals surface area contributed by atoms with Crippen LogP contribution in [0.3, 0.4) is 0 Å². The molecule has 2 nitrogen and oxygen atoms in total. The van der Waals surface area contributed by atoms with Gasteiger partial charge in [0.1, 0.15) is 11.9 Å². The Hall–Kier alpha value is -1.80. The highest BCUT2D eigenvalue weighted by atomic mass is 16.5. The highest BCUT2D eigenvalue weighted by Gasteiger charge is 2.29. The summed E-state index contributed by atoms with van der Waals surface area (Å²) in [6.45, 7) is 8.55. The first-order valence-corrected chi connectivity index (χ1v) is 7.56. The summed E-state index contributed by atoms with van der Waals surface area (Å²) < 4.78 is 6.26. The molecular weight excluding hydrogens is 258 g/mol. The molecule has 0 spiro atoms. The van der Waals surface area contributed by atoms with Crippen molar-refractivity contribution in [2.24, 2.45) is 5.73 Å². The lowest BCUT2D eigenvalue weighted by atomic mass is 9.88. The van der Waals surface area contributed by atoms with Crippen LogP contribution >= 0.6 is 0 Å². The second-order valence-electron chi connectivity index (χ2n) is 6.30. The Kier molecular flexibility index (Phi) is 3.50. The quantitative estimate of drug-likeness (QED) is 0.838. The predicted octanol–water partition coefficient (Wildman–Crippen LogP) is 4.44. The van der Waals surface area contributed by atoms with Crippen molar-refractivity contribution in [1.82, 2.24) is 0 Å². The van der Waals surface area contributed by atoms with E-state index in [1.54, 1.807) is 0 Å². The molecule has 2 aromatic carbocycles. The van der Waals surface area contributed by atoms with Crippen LogP contribution in [0.2, 0.25) is 0 Å². The molecule has 3 rings (SSSR count). The maximum absolute atomic E-state index is 6.39. The first-order valence-electron chi connectivity index (χ1n) is 7.56. The average Bonchev–Trinajstić information content (AvgIpc) is 2.38. The van der Waals surface area contributed by atoms with Crippen LogP contribution in [0.1, 0.15) is 51.9 Å². The van der Waals surface area contributed by atoms with Crippen LogP contribution in [0, 0.1) is 27.7 Å². The smallest absolute Gasteiger partial charge is 0.126 e. The zero-order valence-electron chi connectivity index (χ0n) is 13.2. The molecule has 2 N–H and O–H groups in total. The molecule has 0 saturated heterocycles. The SMILES string of the molecule is Cc1cc(C)c(C2C[C@H](N)c3cc(C)ccc3O2)c(C)c1. The number of nitrogens with two attached hydrogens (primary N) is 1. The van der Waals surface area contributed by atoms with Crippen LogP contribution in [0.25, 0.3) is 0 Å². The molecule has 1 unspecified atom stereocenters. The van der Waals surface area contributed by atoms with E-state index in [0.29, 0.717) is 0 Å².